The highest BCUT2D eigenvalue weighted by molar-refractivity contribution is 6.33. The highest BCUT2D eigenvalue weighted by Gasteiger charge is 2.33. The average Bonchev–Trinajstić information content (AvgIpc) is 2.35. The Hall–Kier alpha value is -1.05. The molecule has 1 saturated heterocycles. The highest BCUT2D eigenvalue weighted by atomic mass is 35.5. The fourth-order valence-corrected chi connectivity index (χ4v) is 2.59. The van der Waals surface area contributed by atoms with E-state index in [0.29, 0.717) is 0 Å². The van der Waals surface area contributed by atoms with E-state index < -0.39 is 12.7 Å². The predicted octanol–water partition coefficient (Wildman–Crippen LogP) is 2.71. The van der Waals surface area contributed by atoms with Crippen molar-refractivity contribution in [3.8, 4) is 0 Å². The van der Waals surface area contributed by atoms with E-state index in [0.717, 1.165) is 0 Å². The lowest BCUT2D eigenvalue weighted by Gasteiger charge is -2.35. The Bertz CT molecular complexity index is 511. The standard InChI is InChI=1S/C12H12Cl2F3N3O/c13-9-5-8(6-10(14)18-9)11(21)20-3-1-19(2-4-20)7-12(15,16)17/h5-6H,1-4,7H2. The molecule has 0 N–H and O–H groups in total. The van der Waals surface area contributed by atoms with E-state index in [1.165, 1.54) is 21.9 Å². The van der Waals surface area contributed by atoms with Crippen LogP contribution in [0.25, 0.3) is 0 Å². The Morgan fingerprint density at radius 3 is 2.14 bits per heavy atom. The molecule has 1 aromatic heterocycles. The summed E-state index contributed by atoms with van der Waals surface area (Å²) in [6.07, 6.45) is -4.22. The zero-order valence-electron chi connectivity index (χ0n) is 10.8. The molecule has 1 fully saturated rings. The van der Waals surface area contributed by atoms with Crippen molar-refractivity contribution in [3.05, 3.63) is 28.0 Å². The molecule has 0 saturated carbocycles. The molecule has 21 heavy (non-hydrogen) atoms. The maximum Gasteiger partial charge on any atom is 0.401 e. The van der Waals surface area contributed by atoms with E-state index in [4.69, 9.17) is 23.2 Å². The van der Waals surface area contributed by atoms with Gasteiger partial charge >= 0.3 is 6.18 Å². The second kappa shape index (κ2) is 6.37. The number of alkyl halides is 3. The number of pyridine rings is 1. The van der Waals surface area contributed by atoms with E-state index in [1.54, 1.807) is 0 Å². The number of carbonyl (C=O) groups excluding carboxylic acids is 1. The molecule has 2 rings (SSSR count). The molecule has 0 atom stereocenters. The quantitative estimate of drug-likeness (QED) is 0.776. The van der Waals surface area contributed by atoms with Crippen LogP contribution in [0.2, 0.25) is 10.3 Å². The van der Waals surface area contributed by atoms with Crippen LogP contribution in [0.3, 0.4) is 0 Å². The number of hydrogen-bond donors (Lipinski definition) is 0. The van der Waals surface area contributed by atoms with Gasteiger partial charge in [-0.2, -0.15) is 13.2 Å². The van der Waals surface area contributed by atoms with Crippen molar-refractivity contribution in [2.45, 2.75) is 6.18 Å². The largest absolute Gasteiger partial charge is 0.401 e. The summed E-state index contributed by atoms with van der Waals surface area (Å²) in [7, 11) is 0. The highest BCUT2D eigenvalue weighted by Crippen LogP contribution is 2.19. The van der Waals surface area contributed by atoms with Crippen molar-refractivity contribution in [1.82, 2.24) is 14.8 Å². The lowest BCUT2D eigenvalue weighted by Crippen LogP contribution is -2.50. The molecule has 1 aliphatic heterocycles. The van der Waals surface area contributed by atoms with Crippen LogP contribution in [0.4, 0.5) is 13.2 Å². The molecular formula is C12H12Cl2F3N3O. The molecule has 9 heteroatoms. The van der Waals surface area contributed by atoms with Crippen LogP contribution in [0.1, 0.15) is 10.4 Å². The number of rotatable bonds is 2. The van der Waals surface area contributed by atoms with Gasteiger partial charge in [-0.25, -0.2) is 4.98 Å². The summed E-state index contributed by atoms with van der Waals surface area (Å²) in [5.41, 5.74) is 0.282. The summed E-state index contributed by atoms with van der Waals surface area (Å²) in [5, 5.41) is 0.197. The molecule has 0 aromatic carbocycles. The fraction of sp³-hybridized carbons (Fsp3) is 0.500. The van der Waals surface area contributed by atoms with Crippen molar-refractivity contribution in [3.63, 3.8) is 0 Å². The van der Waals surface area contributed by atoms with Gasteiger partial charge in [0.1, 0.15) is 10.3 Å². The minimum Gasteiger partial charge on any atom is -0.336 e. The first kappa shape index (κ1) is 16.3. The van der Waals surface area contributed by atoms with Crippen LogP contribution >= 0.6 is 23.2 Å². The lowest BCUT2D eigenvalue weighted by molar-refractivity contribution is -0.148. The number of hydrogen-bond acceptors (Lipinski definition) is 3. The van der Waals surface area contributed by atoms with E-state index in [9.17, 15) is 18.0 Å². The Morgan fingerprint density at radius 2 is 1.67 bits per heavy atom. The Labute approximate surface area is 129 Å². The third-order valence-electron chi connectivity index (χ3n) is 3.07. The minimum absolute atomic E-state index is 0.0987. The number of piperazine rings is 1. The number of nitrogens with zero attached hydrogens (tertiary/aromatic N) is 3. The topological polar surface area (TPSA) is 36.4 Å². The van der Waals surface area contributed by atoms with Crippen molar-refractivity contribution in [2.24, 2.45) is 0 Å². The van der Waals surface area contributed by atoms with Gasteiger partial charge in [0.2, 0.25) is 0 Å². The number of amides is 1. The van der Waals surface area contributed by atoms with E-state index in [1.807, 2.05) is 0 Å². The van der Waals surface area contributed by atoms with Gasteiger partial charge in [-0.3, -0.25) is 9.69 Å². The smallest absolute Gasteiger partial charge is 0.336 e. The predicted molar refractivity (Wildman–Crippen MR) is 72.7 cm³/mol. The first-order valence-corrected chi connectivity index (χ1v) is 6.92. The summed E-state index contributed by atoms with van der Waals surface area (Å²) in [6.45, 7) is -0.142. The summed E-state index contributed by atoms with van der Waals surface area (Å²) >= 11 is 11.5. The number of halogens is 5. The van der Waals surface area contributed by atoms with E-state index >= 15 is 0 Å². The molecule has 2 heterocycles. The molecule has 0 unspecified atom stereocenters. The van der Waals surface area contributed by atoms with Crippen LogP contribution in [0.5, 0.6) is 0 Å². The first-order chi connectivity index (χ1) is 9.74. The zero-order chi connectivity index (χ0) is 15.6. The van der Waals surface area contributed by atoms with Crippen molar-refractivity contribution in [2.75, 3.05) is 32.7 Å². The van der Waals surface area contributed by atoms with Crippen LogP contribution in [0.15, 0.2) is 12.1 Å². The summed E-state index contributed by atoms with van der Waals surface area (Å²) < 4.78 is 36.9. The van der Waals surface area contributed by atoms with Gasteiger partial charge in [-0.15, -0.1) is 0 Å². The Morgan fingerprint density at radius 1 is 1.14 bits per heavy atom. The van der Waals surface area contributed by atoms with Crippen molar-refractivity contribution in [1.29, 1.82) is 0 Å². The zero-order valence-corrected chi connectivity index (χ0v) is 12.3. The van der Waals surface area contributed by atoms with Gasteiger partial charge in [0.15, 0.2) is 0 Å². The summed E-state index contributed by atoms with van der Waals surface area (Å²) in [4.78, 5) is 18.7. The van der Waals surface area contributed by atoms with E-state index in [-0.39, 0.29) is 48.0 Å². The summed E-state index contributed by atoms with van der Waals surface area (Å²) in [5.74, 6) is -0.312. The second-order valence-corrected chi connectivity index (χ2v) is 5.46. The Kier molecular flexibility index (Phi) is 4.95. The molecule has 1 aromatic rings. The van der Waals surface area contributed by atoms with Crippen molar-refractivity contribution < 1.29 is 18.0 Å². The molecule has 1 aliphatic rings. The molecular weight excluding hydrogens is 330 g/mol. The van der Waals surface area contributed by atoms with Crippen LogP contribution in [-0.4, -0.2) is 59.6 Å². The third kappa shape index (κ3) is 4.72. The lowest BCUT2D eigenvalue weighted by atomic mass is 10.2. The fourth-order valence-electron chi connectivity index (χ4n) is 2.13. The maximum absolute atomic E-state index is 12.3. The molecule has 0 aliphatic carbocycles. The van der Waals surface area contributed by atoms with Gasteiger partial charge in [0.05, 0.1) is 6.54 Å². The molecule has 0 spiro atoms. The van der Waals surface area contributed by atoms with Gasteiger partial charge < -0.3 is 4.90 Å². The molecule has 116 valence electrons. The minimum atomic E-state index is -4.22. The van der Waals surface area contributed by atoms with Crippen LogP contribution < -0.4 is 0 Å². The molecule has 0 radical (unpaired) electrons. The van der Waals surface area contributed by atoms with Gasteiger partial charge in [0.25, 0.3) is 5.91 Å². The number of aromatic nitrogens is 1. The molecule has 0 bridgehead atoms. The van der Waals surface area contributed by atoms with Crippen LogP contribution in [0, 0.1) is 0 Å². The normalized spacial score (nSPS) is 17.1. The SMILES string of the molecule is O=C(c1cc(Cl)nc(Cl)c1)N1CCN(CC(F)(F)F)CC1. The van der Waals surface area contributed by atoms with E-state index in [2.05, 4.69) is 4.98 Å². The Balaban J connectivity index is 1.97. The van der Waals surface area contributed by atoms with Gasteiger partial charge in [0, 0.05) is 31.7 Å². The summed E-state index contributed by atoms with van der Waals surface area (Å²) in [6, 6.07) is 2.77. The first-order valence-electron chi connectivity index (χ1n) is 6.16. The third-order valence-corrected chi connectivity index (χ3v) is 3.46. The average molecular weight is 342 g/mol. The maximum atomic E-state index is 12.3. The number of carbonyl (C=O) groups is 1. The molecule has 4 nitrogen and oxygen atoms in total. The second-order valence-electron chi connectivity index (χ2n) is 4.68. The van der Waals surface area contributed by atoms with Gasteiger partial charge in [-0.1, -0.05) is 23.2 Å². The molecule has 1 amide bonds. The van der Waals surface area contributed by atoms with Crippen molar-refractivity contribution >= 4 is 29.1 Å². The monoisotopic (exact) mass is 341 g/mol. The van der Waals surface area contributed by atoms with Gasteiger partial charge in [-0.05, 0) is 12.1 Å². The van der Waals surface area contributed by atoms with Crippen LogP contribution in [-0.2, 0) is 0 Å².